The molecule has 1 aliphatic heterocycles. The Bertz CT molecular complexity index is 930. The zero-order valence-corrected chi connectivity index (χ0v) is 16.3. The molecule has 138 valence electrons. The number of rotatable bonds is 4. The van der Waals surface area contributed by atoms with Crippen molar-refractivity contribution in [3.63, 3.8) is 0 Å². The molecule has 0 radical (unpaired) electrons. The van der Waals surface area contributed by atoms with Gasteiger partial charge in [-0.2, -0.15) is 0 Å². The molecule has 0 fully saturated rings. The van der Waals surface area contributed by atoms with Gasteiger partial charge in [0.15, 0.2) is 0 Å². The average molecular weight is 393 g/mol. The van der Waals surface area contributed by atoms with E-state index >= 15 is 0 Å². The van der Waals surface area contributed by atoms with E-state index < -0.39 is 16.1 Å². The van der Waals surface area contributed by atoms with E-state index in [9.17, 15) is 13.2 Å². The molecule has 0 aromatic heterocycles. The Labute approximate surface area is 159 Å². The molecule has 0 aliphatic carbocycles. The van der Waals surface area contributed by atoms with E-state index in [-0.39, 0.29) is 5.91 Å². The van der Waals surface area contributed by atoms with E-state index in [0.29, 0.717) is 23.8 Å². The molecule has 1 heterocycles. The summed E-state index contributed by atoms with van der Waals surface area (Å²) >= 11 is 6.01. The average Bonchev–Trinajstić information content (AvgIpc) is 2.59. The fraction of sp³-hybridized carbons (Fsp3) is 0.316. The van der Waals surface area contributed by atoms with Crippen LogP contribution in [0.3, 0.4) is 0 Å². The number of amides is 1. The summed E-state index contributed by atoms with van der Waals surface area (Å²) in [4.78, 5) is 14.8. The molecule has 26 heavy (non-hydrogen) atoms. The van der Waals surface area contributed by atoms with Crippen molar-refractivity contribution in [2.75, 3.05) is 17.1 Å². The van der Waals surface area contributed by atoms with Crippen LogP contribution in [0.25, 0.3) is 0 Å². The number of hydrogen-bond donors (Lipinski definition) is 0. The Hall–Kier alpha value is -2.05. The molecule has 3 rings (SSSR count). The summed E-state index contributed by atoms with van der Waals surface area (Å²) in [6.45, 7) is 2.69. The molecule has 5 nitrogen and oxygen atoms in total. The van der Waals surface area contributed by atoms with Gasteiger partial charge in [-0.25, -0.2) is 8.42 Å². The van der Waals surface area contributed by atoms with E-state index in [1.165, 1.54) is 5.56 Å². The van der Waals surface area contributed by atoms with Crippen molar-refractivity contribution in [2.24, 2.45) is 0 Å². The topological polar surface area (TPSA) is 57.7 Å². The zero-order valence-electron chi connectivity index (χ0n) is 14.7. The second-order valence-electron chi connectivity index (χ2n) is 6.49. The summed E-state index contributed by atoms with van der Waals surface area (Å²) in [7, 11) is -3.65. The molecule has 1 aliphatic rings. The number of halogens is 1. The molecule has 0 N–H and O–H groups in total. The van der Waals surface area contributed by atoms with E-state index in [0.717, 1.165) is 22.5 Å². The Morgan fingerprint density at radius 2 is 1.85 bits per heavy atom. The number of carbonyl (C=O) groups is 1. The molecule has 0 spiro atoms. The standard InChI is InChI=1S/C19H21ClN2O3S/c1-14(22(26(2,24)25)18-9-5-8-17(20)12-18)19(23)21-11-10-15-6-3-4-7-16(15)13-21/h3-9,12,14H,10-11,13H2,1-2H3/t14-/m0/s1. The highest BCUT2D eigenvalue weighted by atomic mass is 35.5. The predicted octanol–water partition coefficient (Wildman–Crippen LogP) is 3.08. The highest BCUT2D eigenvalue weighted by Crippen LogP contribution is 2.26. The van der Waals surface area contributed by atoms with Gasteiger partial charge in [0.2, 0.25) is 15.9 Å². The van der Waals surface area contributed by atoms with Gasteiger partial charge < -0.3 is 4.90 Å². The zero-order chi connectivity index (χ0) is 18.9. The summed E-state index contributed by atoms with van der Waals surface area (Å²) in [5.41, 5.74) is 2.73. The van der Waals surface area contributed by atoms with Crippen LogP contribution in [-0.4, -0.2) is 38.1 Å². The van der Waals surface area contributed by atoms with E-state index in [1.54, 1.807) is 36.1 Å². The van der Waals surface area contributed by atoms with Gasteiger partial charge in [-0.1, -0.05) is 41.9 Å². The lowest BCUT2D eigenvalue weighted by Crippen LogP contribution is -2.50. The number of hydrogen-bond acceptors (Lipinski definition) is 3. The first-order valence-electron chi connectivity index (χ1n) is 8.38. The van der Waals surface area contributed by atoms with Crippen molar-refractivity contribution in [2.45, 2.75) is 25.9 Å². The number of carbonyl (C=O) groups excluding carboxylic acids is 1. The van der Waals surface area contributed by atoms with Crippen LogP contribution in [-0.2, 0) is 27.8 Å². The normalized spacial score (nSPS) is 15.3. The fourth-order valence-electron chi connectivity index (χ4n) is 3.36. The third kappa shape index (κ3) is 3.86. The Morgan fingerprint density at radius 1 is 1.15 bits per heavy atom. The van der Waals surface area contributed by atoms with Crippen molar-refractivity contribution in [3.05, 3.63) is 64.7 Å². The Balaban J connectivity index is 1.88. The molecule has 0 unspecified atom stereocenters. The molecule has 1 amide bonds. The van der Waals surface area contributed by atoms with E-state index in [4.69, 9.17) is 11.6 Å². The minimum Gasteiger partial charge on any atom is -0.336 e. The van der Waals surface area contributed by atoms with Gasteiger partial charge >= 0.3 is 0 Å². The largest absolute Gasteiger partial charge is 0.336 e. The van der Waals surface area contributed by atoms with Crippen LogP contribution in [0.1, 0.15) is 18.1 Å². The molecule has 0 bridgehead atoms. The maximum atomic E-state index is 13.0. The maximum absolute atomic E-state index is 13.0. The number of sulfonamides is 1. The number of anilines is 1. The summed E-state index contributed by atoms with van der Waals surface area (Å²) in [6.07, 6.45) is 1.87. The lowest BCUT2D eigenvalue weighted by Gasteiger charge is -2.35. The van der Waals surface area contributed by atoms with Crippen LogP contribution in [0.2, 0.25) is 5.02 Å². The Morgan fingerprint density at radius 3 is 2.50 bits per heavy atom. The summed E-state index contributed by atoms with van der Waals surface area (Å²) in [6, 6.07) is 13.7. The molecular weight excluding hydrogens is 372 g/mol. The third-order valence-electron chi connectivity index (χ3n) is 4.57. The molecule has 0 saturated heterocycles. The van der Waals surface area contributed by atoms with Crippen molar-refractivity contribution in [1.29, 1.82) is 0 Å². The van der Waals surface area contributed by atoms with Gasteiger partial charge in [-0.3, -0.25) is 9.10 Å². The SMILES string of the molecule is C[C@@H](C(=O)N1CCc2ccccc2C1)N(c1cccc(Cl)c1)S(C)(=O)=O. The van der Waals surface area contributed by atoms with Crippen molar-refractivity contribution in [1.82, 2.24) is 4.90 Å². The molecule has 7 heteroatoms. The predicted molar refractivity (Wildman–Crippen MR) is 104 cm³/mol. The van der Waals surface area contributed by atoms with Crippen LogP contribution in [0.4, 0.5) is 5.69 Å². The number of fused-ring (bicyclic) bond motifs is 1. The van der Waals surface area contributed by atoms with Gasteiger partial charge in [0.25, 0.3) is 0 Å². The van der Waals surface area contributed by atoms with Crippen LogP contribution >= 0.6 is 11.6 Å². The van der Waals surface area contributed by atoms with E-state index in [2.05, 4.69) is 6.07 Å². The lowest BCUT2D eigenvalue weighted by molar-refractivity contribution is -0.132. The first kappa shape index (κ1) is 18.7. The Kier molecular flexibility index (Phi) is 5.25. The van der Waals surface area contributed by atoms with Gasteiger partial charge in [0.05, 0.1) is 11.9 Å². The third-order valence-corrected chi connectivity index (χ3v) is 6.05. The number of benzene rings is 2. The maximum Gasteiger partial charge on any atom is 0.246 e. The first-order valence-corrected chi connectivity index (χ1v) is 10.6. The summed E-state index contributed by atoms with van der Waals surface area (Å²) in [5.74, 6) is -0.218. The van der Waals surface area contributed by atoms with E-state index in [1.807, 2.05) is 18.2 Å². The molecule has 1 atom stereocenters. The van der Waals surface area contributed by atoms with Crippen LogP contribution in [0.15, 0.2) is 48.5 Å². The van der Waals surface area contributed by atoms with Crippen molar-refractivity contribution >= 4 is 33.2 Å². The van der Waals surface area contributed by atoms with Gasteiger partial charge in [0.1, 0.15) is 6.04 Å². The lowest BCUT2D eigenvalue weighted by atomic mass is 9.99. The minimum absolute atomic E-state index is 0.218. The second-order valence-corrected chi connectivity index (χ2v) is 8.79. The smallest absolute Gasteiger partial charge is 0.246 e. The number of nitrogens with zero attached hydrogens (tertiary/aromatic N) is 2. The summed E-state index contributed by atoms with van der Waals surface area (Å²) < 4.78 is 25.9. The fourth-order valence-corrected chi connectivity index (χ4v) is 4.71. The summed E-state index contributed by atoms with van der Waals surface area (Å²) in [5, 5.41) is 0.419. The molecular formula is C19H21ClN2O3S. The van der Waals surface area contributed by atoms with Crippen LogP contribution in [0.5, 0.6) is 0 Å². The minimum atomic E-state index is -3.65. The van der Waals surface area contributed by atoms with Crippen LogP contribution in [0, 0.1) is 0 Å². The highest BCUT2D eigenvalue weighted by Gasteiger charge is 2.33. The molecule has 2 aromatic carbocycles. The highest BCUT2D eigenvalue weighted by molar-refractivity contribution is 7.92. The second kappa shape index (κ2) is 7.29. The monoisotopic (exact) mass is 392 g/mol. The first-order chi connectivity index (χ1) is 12.3. The van der Waals surface area contributed by atoms with Gasteiger partial charge in [0, 0.05) is 18.1 Å². The van der Waals surface area contributed by atoms with Gasteiger partial charge in [-0.05, 0) is 42.7 Å². The molecule has 0 saturated carbocycles. The quantitative estimate of drug-likeness (QED) is 0.803. The van der Waals surface area contributed by atoms with Crippen molar-refractivity contribution in [3.8, 4) is 0 Å². The van der Waals surface area contributed by atoms with Crippen LogP contribution < -0.4 is 4.31 Å². The van der Waals surface area contributed by atoms with Gasteiger partial charge in [-0.15, -0.1) is 0 Å². The molecule has 2 aromatic rings. The van der Waals surface area contributed by atoms with Crippen molar-refractivity contribution < 1.29 is 13.2 Å².